The van der Waals surface area contributed by atoms with E-state index in [9.17, 15) is 0 Å². The first-order valence-corrected chi connectivity index (χ1v) is 17.8. The molecule has 1 aliphatic rings. The van der Waals surface area contributed by atoms with E-state index in [-0.39, 0.29) is 5.22 Å². The predicted molar refractivity (Wildman–Crippen MR) is 134 cm³/mol. The van der Waals surface area contributed by atoms with Gasteiger partial charge in [-0.25, -0.2) is 0 Å². The maximum atomic E-state index is 7.51. The summed E-state index contributed by atoms with van der Waals surface area (Å²) < 4.78 is 14.2. The number of benzene rings is 3. The lowest BCUT2D eigenvalue weighted by Crippen LogP contribution is -2.67. The molecule has 0 N–H and O–H groups in total. The van der Waals surface area contributed by atoms with Crippen LogP contribution in [0.25, 0.3) is 0 Å². The molecule has 0 aromatic heterocycles. The van der Waals surface area contributed by atoms with Gasteiger partial charge in [0.1, 0.15) is 0 Å². The fraction of sp³-hybridized carbons (Fsp3) is 0.280. The van der Waals surface area contributed by atoms with Crippen molar-refractivity contribution >= 4 is 36.8 Å². The van der Waals surface area contributed by atoms with E-state index in [2.05, 4.69) is 111 Å². The fourth-order valence-corrected chi connectivity index (χ4v) is 13.2. The largest absolute Gasteiger partial charge is 0.458 e. The Balaban J connectivity index is 1.84. The van der Waals surface area contributed by atoms with Crippen molar-refractivity contribution in [3.63, 3.8) is 0 Å². The summed E-state index contributed by atoms with van der Waals surface area (Å²) in [5.74, 6) is 0. The number of rotatable bonds is 6. The first-order chi connectivity index (χ1) is 14.4. The Hall–Kier alpha value is -1.77. The van der Waals surface area contributed by atoms with Crippen LogP contribution in [0.5, 0.6) is 0 Å². The van der Waals surface area contributed by atoms with E-state index in [1.165, 1.54) is 22.4 Å². The van der Waals surface area contributed by atoms with Crippen molar-refractivity contribution in [3.8, 4) is 0 Å². The van der Waals surface area contributed by atoms with Crippen molar-refractivity contribution in [1.82, 2.24) is 0 Å². The Bertz CT molecular complexity index is 903. The van der Waals surface area contributed by atoms with Gasteiger partial charge in [0, 0.05) is 0 Å². The summed E-state index contributed by atoms with van der Waals surface area (Å²) in [7, 11) is -4.96. The molecule has 0 spiro atoms. The standard InChI is InChI=1S/C25H32O2Si3/c1-29(2,3)27-28-25(22-14-7-4-8-15-22)20-13-21-30(26-25,23-16-9-5-10-17-23)24-18-11-6-12-19-24/h4-12,14-19H,13,20-21,28H2,1-3H3. The van der Waals surface area contributed by atoms with E-state index in [0.717, 1.165) is 12.5 Å². The molecule has 0 aliphatic carbocycles. The smallest absolute Gasteiger partial charge is 0.256 e. The molecule has 1 heterocycles. The third-order valence-electron chi connectivity index (χ3n) is 6.00. The fourth-order valence-electron chi connectivity index (χ4n) is 4.51. The lowest BCUT2D eigenvalue weighted by atomic mass is 10.0. The lowest BCUT2D eigenvalue weighted by Gasteiger charge is -2.48. The van der Waals surface area contributed by atoms with Crippen LogP contribution in [0.2, 0.25) is 25.7 Å². The molecule has 1 saturated heterocycles. The van der Waals surface area contributed by atoms with Gasteiger partial charge in [-0.2, -0.15) is 0 Å². The van der Waals surface area contributed by atoms with Gasteiger partial charge < -0.3 is 8.54 Å². The third kappa shape index (κ3) is 4.45. The van der Waals surface area contributed by atoms with Gasteiger partial charge in [0.05, 0.1) is 5.22 Å². The van der Waals surface area contributed by atoms with E-state index in [0.29, 0.717) is 0 Å². The van der Waals surface area contributed by atoms with Crippen molar-refractivity contribution < 1.29 is 8.54 Å². The summed E-state index contributed by atoms with van der Waals surface area (Å²) in [5, 5.41) is 2.48. The van der Waals surface area contributed by atoms with Crippen LogP contribution in [0.15, 0.2) is 91.0 Å². The molecule has 1 aliphatic heterocycles. The van der Waals surface area contributed by atoms with E-state index >= 15 is 0 Å². The minimum absolute atomic E-state index is 0.266. The molecule has 1 fully saturated rings. The van der Waals surface area contributed by atoms with Crippen LogP contribution in [0.3, 0.4) is 0 Å². The molecule has 3 aromatic carbocycles. The van der Waals surface area contributed by atoms with Crippen LogP contribution < -0.4 is 10.4 Å². The second-order valence-electron chi connectivity index (χ2n) is 9.28. The highest BCUT2D eigenvalue weighted by atomic mass is 28.4. The van der Waals surface area contributed by atoms with Crippen LogP contribution in [-0.4, -0.2) is 26.4 Å². The summed E-state index contributed by atoms with van der Waals surface area (Å²) in [6.07, 6.45) is 2.23. The Labute approximate surface area is 185 Å². The monoisotopic (exact) mass is 448 g/mol. The van der Waals surface area contributed by atoms with Gasteiger partial charge >= 0.3 is 0 Å². The molecule has 0 radical (unpaired) electrons. The van der Waals surface area contributed by atoms with Crippen molar-refractivity contribution in [1.29, 1.82) is 0 Å². The lowest BCUT2D eigenvalue weighted by molar-refractivity contribution is 0.107. The van der Waals surface area contributed by atoms with Gasteiger partial charge in [-0.15, -0.1) is 0 Å². The molecule has 2 nitrogen and oxygen atoms in total. The highest BCUT2D eigenvalue weighted by Gasteiger charge is 2.51. The zero-order valence-electron chi connectivity index (χ0n) is 18.3. The van der Waals surface area contributed by atoms with Crippen LogP contribution in [0.1, 0.15) is 18.4 Å². The second-order valence-corrected chi connectivity index (χ2v) is 19.6. The molecule has 0 amide bonds. The van der Waals surface area contributed by atoms with Crippen molar-refractivity contribution in [2.24, 2.45) is 0 Å². The first kappa shape index (κ1) is 21.5. The van der Waals surface area contributed by atoms with Gasteiger partial charge in [0.2, 0.25) is 0 Å². The zero-order valence-corrected chi connectivity index (χ0v) is 21.7. The zero-order chi connectivity index (χ0) is 21.1. The van der Waals surface area contributed by atoms with E-state index in [4.69, 9.17) is 8.54 Å². The maximum Gasteiger partial charge on any atom is 0.256 e. The van der Waals surface area contributed by atoms with Gasteiger partial charge in [-0.05, 0) is 48.0 Å². The van der Waals surface area contributed by atoms with Gasteiger partial charge in [-0.3, -0.25) is 0 Å². The highest BCUT2D eigenvalue weighted by Crippen LogP contribution is 2.40. The molecule has 30 heavy (non-hydrogen) atoms. The van der Waals surface area contributed by atoms with Gasteiger partial charge in [0.15, 0.2) is 18.1 Å². The summed E-state index contributed by atoms with van der Waals surface area (Å²) in [6.45, 7) is 6.88. The Morgan fingerprint density at radius 3 is 1.80 bits per heavy atom. The topological polar surface area (TPSA) is 18.5 Å². The summed E-state index contributed by atoms with van der Waals surface area (Å²) in [4.78, 5) is 0. The average molecular weight is 449 g/mol. The average Bonchev–Trinajstić information content (AvgIpc) is 2.79. The SMILES string of the molecule is C[Si](C)(C)O[SiH2]C1(c2ccccc2)CCC[Si](c2ccccc2)(c2ccccc2)O1. The molecule has 5 heteroatoms. The van der Waals surface area contributed by atoms with Crippen LogP contribution >= 0.6 is 0 Å². The molecular formula is C25H32O2Si3. The number of hydrogen-bond acceptors (Lipinski definition) is 2. The second kappa shape index (κ2) is 8.77. The Kier molecular flexibility index (Phi) is 6.27. The highest BCUT2D eigenvalue weighted by molar-refractivity contribution is 6.97. The van der Waals surface area contributed by atoms with Gasteiger partial charge in [0.25, 0.3) is 8.32 Å². The molecule has 1 atom stereocenters. The minimum Gasteiger partial charge on any atom is -0.458 e. The molecule has 3 aromatic rings. The molecule has 1 unspecified atom stereocenters. The maximum absolute atomic E-state index is 7.51. The minimum atomic E-state index is -2.38. The quantitative estimate of drug-likeness (QED) is 0.522. The first-order valence-electron chi connectivity index (χ1n) is 10.9. The molecule has 156 valence electrons. The normalized spacial score (nSPS) is 21.7. The van der Waals surface area contributed by atoms with Crippen LogP contribution in [-0.2, 0) is 13.8 Å². The number of hydrogen-bond donors (Lipinski definition) is 0. The van der Waals surface area contributed by atoms with Crippen molar-refractivity contribution in [2.45, 2.75) is 43.8 Å². The molecule has 0 saturated carbocycles. The summed E-state index contributed by atoms with van der Waals surface area (Å²) >= 11 is 0. The van der Waals surface area contributed by atoms with Crippen molar-refractivity contribution in [3.05, 3.63) is 96.6 Å². The van der Waals surface area contributed by atoms with Crippen LogP contribution in [0.4, 0.5) is 0 Å². The molecule has 4 rings (SSSR count). The summed E-state index contributed by atoms with van der Waals surface area (Å²) in [6, 6.07) is 34.0. The van der Waals surface area contributed by atoms with Crippen LogP contribution in [0, 0.1) is 0 Å². The summed E-state index contributed by atoms with van der Waals surface area (Å²) in [5.41, 5.74) is 1.30. The van der Waals surface area contributed by atoms with E-state index < -0.39 is 26.4 Å². The Morgan fingerprint density at radius 2 is 1.30 bits per heavy atom. The molecule has 0 bridgehead atoms. The van der Waals surface area contributed by atoms with E-state index in [1.807, 2.05) is 0 Å². The van der Waals surface area contributed by atoms with Gasteiger partial charge in [-0.1, -0.05) is 97.4 Å². The third-order valence-corrected chi connectivity index (χ3v) is 16.0. The van der Waals surface area contributed by atoms with Crippen molar-refractivity contribution in [2.75, 3.05) is 0 Å². The molecular weight excluding hydrogens is 417 g/mol. The Morgan fingerprint density at radius 1 is 0.800 bits per heavy atom. The predicted octanol–water partition coefficient (Wildman–Crippen LogP) is 4.35. The van der Waals surface area contributed by atoms with E-state index in [1.54, 1.807) is 0 Å².